The van der Waals surface area contributed by atoms with Crippen molar-refractivity contribution in [1.29, 1.82) is 0 Å². The topological polar surface area (TPSA) is 59.0 Å². The minimum atomic E-state index is -0.154. The fourth-order valence-corrected chi connectivity index (χ4v) is 4.67. The zero-order chi connectivity index (χ0) is 19.0. The Morgan fingerprint density at radius 1 is 1.15 bits per heavy atom. The molecule has 0 aliphatic rings. The quantitative estimate of drug-likeness (QED) is 0.456. The van der Waals surface area contributed by atoms with Gasteiger partial charge in [-0.2, -0.15) is 0 Å². The third-order valence-electron chi connectivity index (χ3n) is 4.19. The van der Waals surface area contributed by atoms with Crippen molar-refractivity contribution in [3.63, 3.8) is 0 Å². The third kappa shape index (κ3) is 3.45. The van der Waals surface area contributed by atoms with E-state index in [1.165, 1.54) is 11.3 Å². The molecule has 0 aliphatic carbocycles. The lowest BCUT2D eigenvalue weighted by Gasteiger charge is -2.19. The van der Waals surface area contributed by atoms with Crippen LogP contribution in [0.1, 0.15) is 26.5 Å². The summed E-state index contributed by atoms with van der Waals surface area (Å²) in [5.74, 6) is -0.154. The van der Waals surface area contributed by atoms with Crippen LogP contribution < -0.4 is 4.90 Å². The maximum Gasteiger partial charge on any atom is 0.274 e. The minimum absolute atomic E-state index is 0.154. The summed E-state index contributed by atoms with van der Waals surface area (Å²) in [4.78, 5) is 20.2. The van der Waals surface area contributed by atoms with Gasteiger partial charge in [-0.1, -0.05) is 63.8 Å². The molecule has 0 unspecified atom stereocenters. The van der Waals surface area contributed by atoms with Crippen LogP contribution in [-0.2, 0) is 6.54 Å². The fourth-order valence-electron chi connectivity index (χ4n) is 2.75. The molecule has 0 atom stereocenters. The van der Waals surface area contributed by atoms with E-state index in [4.69, 9.17) is 16.6 Å². The highest BCUT2D eigenvalue weighted by atomic mass is 35.5. The van der Waals surface area contributed by atoms with Crippen molar-refractivity contribution < 1.29 is 4.79 Å². The SMILES string of the molecule is Cc1nnsc1C(=O)N(Cc1ccccc1)c1nc2c(C)ccc(Cl)c2s1. The summed E-state index contributed by atoms with van der Waals surface area (Å²) < 4.78 is 4.79. The Bertz CT molecular complexity index is 1080. The molecule has 1 amide bonds. The standard InChI is InChI=1S/C19H15ClN4OS2/c1-11-8-9-14(20)17-15(11)21-19(26-17)24(10-13-6-4-3-5-7-13)18(25)16-12(2)22-23-27-16/h3-9H,10H2,1-2H3. The van der Waals surface area contributed by atoms with Crippen molar-refractivity contribution in [2.45, 2.75) is 20.4 Å². The summed E-state index contributed by atoms with van der Waals surface area (Å²) in [5, 5.41) is 5.23. The van der Waals surface area contributed by atoms with E-state index in [1.54, 1.807) is 11.8 Å². The van der Waals surface area contributed by atoms with Gasteiger partial charge in [-0.3, -0.25) is 9.69 Å². The predicted octanol–water partition coefficient (Wildman–Crippen LogP) is 5.27. The van der Waals surface area contributed by atoms with Crippen LogP contribution in [0.25, 0.3) is 10.2 Å². The first-order valence-electron chi connectivity index (χ1n) is 8.25. The van der Waals surface area contributed by atoms with Crippen LogP contribution in [0.4, 0.5) is 5.13 Å². The van der Waals surface area contributed by atoms with E-state index in [0.29, 0.717) is 27.3 Å². The summed E-state index contributed by atoms with van der Waals surface area (Å²) in [7, 11) is 0. The van der Waals surface area contributed by atoms with E-state index < -0.39 is 0 Å². The van der Waals surface area contributed by atoms with Crippen molar-refractivity contribution in [1.82, 2.24) is 14.6 Å². The molecular weight excluding hydrogens is 400 g/mol. The third-order valence-corrected chi connectivity index (χ3v) is 6.55. The number of nitrogens with zero attached hydrogens (tertiary/aromatic N) is 4. The smallest absolute Gasteiger partial charge is 0.274 e. The number of carbonyl (C=O) groups is 1. The lowest BCUT2D eigenvalue weighted by atomic mass is 10.2. The molecular formula is C19H15ClN4OS2. The van der Waals surface area contributed by atoms with Gasteiger partial charge in [0.1, 0.15) is 4.88 Å². The van der Waals surface area contributed by atoms with Gasteiger partial charge in [-0.15, -0.1) is 5.10 Å². The van der Waals surface area contributed by atoms with Crippen molar-refractivity contribution in [3.05, 3.63) is 69.2 Å². The molecule has 0 N–H and O–H groups in total. The number of carbonyl (C=O) groups excluding carboxylic acids is 1. The number of rotatable bonds is 4. The average Bonchev–Trinajstić information content (AvgIpc) is 3.30. The molecule has 2 aromatic heterocycles. The second-order valence-corrected chi connectivity index (χ2v) is 8.24. The average molecular weight is 415 g/mol. The first-order chi connectivity index (χ1) is 13.0. The van der Waals surface area contributed by atoms with E-state index in [1.807, 2.05) is 49.4 Å². The largest absolute Gasteiger partial charge is 0.279 e. The Morgan fingerprint density at radius 3 is 2.59 bits per heavy atom. The second-order valence-electron chi connectivity index (χ2n) is 6.10. The molecule has 0 saturated carbocycles. The summed E-state index contributed by atoms with van der Waals surface area (Å²) in [5.41, 5.74) is 3.49. The van der Waals surface area contributed by atoms with Gasteiger partial charge < -0.3 is 0 Å². The minimum Gasteiger partial charge on any atom is -0.279 e. The molecule has 136 valence electrons. The normalized spacial score (nSPS) is 11.1. The van der Waals surface area contributed by atoms with E-state index in [2.05, 4.69) is 9.59 Å². The molecule has 27 heavy (non-hydrogen) atoms. The van der Waals surface area contributed by atoms with Gasteiger partial charge in [0.25, 0.3) is 5.91 Å². The van der Waals surface area contributed by atoms with Gasteiger partial charge >= 0.3 is 0 Å². The lowest BCUT2D eigenvalue weighted by Crippen LogP contribution is -2.30. The Labute approximate surface area is 169 Å². The maximum absolute atomic E-state index is 13.3. The molecule has 0 aliphatic heterocycles. The summed E-state index contributed by atoms with van der Waals surface area (Å²) in [6.07, 6.45) is 0. The van der Waals surface area contributed by atoms with Crippen molar-refractivity contribution in [2.75, 3.05) is 4.90 Å². The van der Waals surface area contributed by atoms with Gasteiger partial charge in [-0.25, -0.2) is 4.98 Å². The van der Waals surface area contributed by atoms with Crippen LogP contribution >= 0.6 is 34.5 Å². The number of hydrogen-bond acceptors (Lipinski definition) is 6. The maximum atomic E-state index is 13.3. The van der Waals surface area contributed by atoms with Crippen molar-refractivity contribution in [3.8, 4) is 0 Å². The monoisotopic (exact) mass is 414 g/mol. The highest BCUT2D eigenvalue weighted by Crippen LogP contribution is 2.36. The molecule has 2 heterocycles. The molecule has 0 spiro atoms. The summed E-state index contributed by atoms with van der Waals surface area (Å²) in [6.45, 7) is 4.19. The van der Waals surface area contributed by atoms with Gasteiger partial charge in [-0.05, 0) is 42.6 Å². The van der Waals surface area contributed by atoms with Gasteiger partial charge in [0.15, 0.2) is 5.13 Å². The second kappa shape index (κ2) is 7.34. The molecule has 4 aromatic rings. The number of hydrogen-bond donors (Lipinski definition) is 0. The Hall–Kier alpha value is -2.35. The molecule has 2 aromatic carbocycles. The number of halogens is 1. The number of amides is 1. The molecule has 0 bridgehead atoms. The first kappa shape index (κ1) is 18.0. The van der Waals surface area contributed by atoms with E-state index in [0.717, 1.165) is 32.9 Å². The predicted molar refractivity (Wildman–Crippen MR) is 111 cm³/mol. The molecule has 0 radical (unpaired) electrons. The number of fused-ring (bicyclic) bond motifs is 1. The van der Waals surface area contributed by atoms with Gasteiger partial charge in [0.2, 0.25) is 0 Å². The highest BCUT2D eigenvalue weighted by molar-refractivity contribution is 7.23. The molecule has 8 heteroatoms. The van der Waals surface area contributed by atoms with Crippen LogP contribution in [0.15, 0.2) is 42.5 Å². The molecule has 5 nitrogen and oxygen atoms in total. The molecule has 0 fully saturated rings. The van der Waals surface area contributed by atoms with E-state index in [9.17, 15) is 4.79 Å². The van der Waals surface area contributed by atoms with E-state index in [-0.39, 0.29) is 5.91 Å². The fraction of sp³-hybridized carbons (Fsp3) is 0.158. The van der Waals surface area contributed by atoms with Crippen molar-refractivity contribution in [2.24, 2.45) is 0 Å². The van der Waals surface area contributed by atoms with E-state index >= 15 is 0 Å². The molecule has 0 saturated heterocycles. The number of aromatic nitrogens is 3. The van der Waals surface area contributed by atoms with Crippen LogP contribution in [0, 0.1) is 13.8 Å². The van der Waals surface area contributed by atoms with Crippen LogP contribution in [0.5, 0.6) is 0 Å². The van der Waals surface area contributed by atoms with Gasteiger partial charge in [0, 0.05) is 0 Å². The highest BCUT2D eigenvalue weighted by Gasteiger charge is 2.26. The zero-order valence-electron chi connectivity index (χ0n) is 14.6. The number of anilines is 1. The Kier molecular flexibility index (Phi) is 4.90. The molecule has 4 rings (SSSR count). The van der Waals surface area contributed by atoms with Crippen LogP contribution in [-0.4, -0.2) is 20.5 Å². The number of benzene rings is 2. The van der Waals surface area contributed by atoms with Crippen molar-refractivity contribution >= 4 is 55.7 Å². The Balaban J connectivity index is 1.82. The lowest BCUT2D eigenvalue weighted by molar-refractivity contribution is 0.0988. The zero-order valence-corrected chi connectivity index (χ0v) is 17.0. The van der Waals surface area contributed by atoms with Gasteiger partial charge in [0.05, 0.1) is 27.5 Å². The summed E-state index contributed by atoms with van der Waals surface area (Å²) >= 11 is 8.89. The summed E-state index contributed by atoms with van der Waals surface area (Å²) in [6, 6.07) is 13.6. The Morgan fingerprint density at radius 2 is 1.93 bits per heavy atom. The van der Waals surface area contributed by atoms with Crippen LogP contribution in [0.3, 0.4) is 0 Å². The van der Waals surface area contributed by atoms with Crippen LogP contribution in [0.2, 0.25) is 5.02 Å². The first-order valence-corrected chi connectivity index (χ1v) is 10.2. The number of aryl methyl sites for hydroxylation is 2. The number of thiazole rings is 1.